The van der Waals surface area contributed by atoms with Crippen molar-refractivity contribution in [2.45, 2.75) is 83.3 Å². The molecule has 0 bridgehead atoms. The van der Waals surface area contributed by atoms with Gasteiger partial charge < -0.3 is 15.5 Å². The Kier molecular flexibility index (Phi) is 4.74. The molecule has 0 aromatic rings. The fourth-order valence-corrected chi connectivity index (χ4v) is 8.14. The Morgan fingerprint density at radius 2 is 1.97 bits per heavy atom. The zero-order valence-electron chi connectivity index (χ0n) is 18.0. The zero-order valence-corrected chi connectivity index (χ0v) is 18.0. The molecule has 4 saturated carbocycles. The number of guanidine groups is 1. The lowest BCUT2D eigenvalue weighted by molar-refractivity contribution is -0.206. The summed E-state index contributed by atoms with van der Waals surface area (Å²) in [4.78, 5) is 4.33. The molecular weight excluding hydrogens is 364 g/mol. The number of nitrogens with one attached hydrogen (secondary N) is 2. The van der Waals surface area contributed by atoms with Crippen LogP contribution in [0.3, 0.4) is 0 Å². The van der Waals surface area contributed by atoms with Crippen molar-refractivity contribution in [1.29, 1.82) is 0 Å². The van der Waals surface area contributed by atoms with Gasteiger partial charge in [0.1, 0.15) is 0 Å². The first kappa shape index (κ1) is 19.8. The molecule has 0 spiro atoms. The lowest BCUT2D eigenvalue weighted by Crippen LogP contribution is -2.62. The van der Waals surface area contributed by atoms with E-state index in [1.165, 1.54) is 12.8 Å². The van der Waals surface area contributed by atoms with Crippen molar-refractivity contribution < 1.29 is 10.2 Å². The van der Waals surface area contributed by atoms with Gasteiger partial charge in [-0.05, 0) is 81.0 Å². The molecule has 0 radical (unpaired) electrons. The highest BCUT2D eigenvalue weighted by Crippen LogP contribution is 2.68. The monoisotopic (exact) mass is 402 g/mol. The minimum Gasteiger partial charge on any atom is -0.393 e. The van der Waals surface area contributed by atoms with Gasteiger partial charge in [-0.25, -0.2) is 10.4 Å². The topological polar surface area (TPSA) is 89.2 Å². The van der Waals surface area contributed by atoms with E-state index in [1.54, 1.807) is 0 Å². The number of rotatable bonds is 2. The Hall–Kier alpha value is -1.14. The van der Waals surface area contributed by atoms with E-state index in [0.29, 0.717) is 29.1 Å². The van der Waals surface area contributed by atoms with Crippen LogP contribution in [0.15, 0.2) is 10.1 Å². The molecule has 8 atom stereocenters. The van der Waals surface area contributed by atoms with E-state index in [-0.39, 0.29) is 11.5 Å². The predicted molar refractivity (Wildman–Crippen MR) is 115 cm³/mol. The van der Waals surface area contributed by atoms with Gasteiger partial charge in [0.2, 0.25) is 5.96 Å². The standard InChI is InChI=1S/C23H38N4O2/c1-21-8-6-17(28)13-15(21)3-4-19-18(21)7-9-22(2)16(5-10-23(19,22)29)14-26-27-20-24-11-12-25-20/h14-19,28-29H,3-13H2,1-2H3,(H2,24,25,27)/b26-14-/t15-,16-,17+,18+,19-,21+,22-,23+/m1/s1. The maximum absolute atomic E-state index is 12.1. The summed E-state index contributed by atoms with van der Waals surface area (Å²) in [5.74, 6) is 2.68. The van der Waals surface area contributed by atoms with Crippen molar-refractivity contribution in [3.8, 4) is 0 Å². The molecule has 4 N–H and O–H groups in total. The third kappa shape index (κ3) is 2.88. The number of hydrogen-bond donors (Lipinski definition) is 4. The smallest absolute Gasteiger partial charge is 0.212 e. The first-order valence-electron chi connectivity index (χ1n) is 11.8. The summed E-state index contributed by atoms with van der Waals surface area (Å²) in [6.45, 7) is 6.47. The van der Waals surface area contributed by atoms with E-state index in [0.717, 1.165) is 64.0 Å². The van der Waals surface area contributed by atoms with Gasteiger partial charge in [-0.3, -0.25) is 0 Å². The van der Waals surface area contributed by atoms with Crippen LogP contribution in [0.4, 0.5) is 0 Å². The van der Waals surface area contributed by atoms with Crippen LogP contribution in [0.25, 0.3) is 0 Å². The Morgan fingerprint density at radius 1 is 1.10 bits per heavy atom. The number of aliphatic imine (C=N–C) groups is 1. The number of nitrogens with zero attached hydrogens (tertiary/aromatic N) is 2. The van der Waals surface area contributed by atoms with Gasteiger partial charge in [0.05, 0.1) is 18.2 Å². The quantitative estimate of drug-likeness (QED) is 0.422. The number of hydrazone groups is 1. The van der Waals surface area contributed by atoms with Crippen molar-refractivity contribution in [3.63, 3.8) is 0 Å². The van der Waals surface area contributed by atoms with Crippen molar-refractivity contribution in [1.82, 2.24) is 10.7 Å². The summed E-state index contributed by atoms with van der Waals surface area (Å²) < 4.78 is 0. The van der Waals surface area contributed by atoms with Crippen molar-refractivity contribution in [3.05, 3.63) is 0 Å². The molecular formula is C23H38N4O2. The Bertz CT molecular complexity index is 711. The first-order valence-corrected chi connectivity index (χ1v) is 11.8. The van der Waals surface area contributed by atoms with Crippen LogP contribution >= 0.6 is 0 Å². The van der Waals surface area contributed by atoms with Crippen molar-refractivity contribution in [2.75, 3.05) is 13.1 Å². The van der Waals surface area contributed by atoms with E-state index in [2.05, 4.69) is 34.7 Å². The number of aliphatic hydroxyl groups excluding tert-OH is 1. The molecule has 0 aromatic carbocycles. The van der Waals surface area contributed by atoms with Gasteiger partial charge in [0, 0.05) is 24.1 Å². The van der Waals surface area contributed by atoms with Gasteiger partial charge in [0.25, 0.3) is 0 Å². The van der Waals surface area contributed by atoms with Crippen molar-refractivity contribution in [2.24, 2.45) is 44.6 Å². The van der Waals surface area contributed by atoms with Crippen LogP contribution in [-0.2, 0) is 0 Å². The molecule has 6 nitrogen and oxygen atoms in total. The SMILES string of the molecule is C[C@]12CC[C@H](O)C[C@H]1CC[C@@H]1[C@@H]2CC[C@]2(C)[C@@H](/C=N\NC3=NCCN3)CC[C@]12O. The normalized spacial score (nSPS) is 51.7. The highest BCUT2D eigenvalue weighted by molar-refractivity contribution is 5.81. The van der Waals surface area contributed by atoms with E-state index in [1.807, 2.05) is 6.21 Å². The molecule has 0 unspecified atom stereocenters. The fourth-order valence-electron chi connectivity index (χ4n) is 8.14. The first-order chi connectivity index (χ1) is 13.9. The second kappa shape index (κ2) is 6.94. The molecule has 162 valence electrons. The minimum atomic E-state index is -0.584. The average molecular weight is 403 g/mol. The molecule has 1 aliphatic heterocycles. The molecule has 0 saturated heterocycles. The Balaban J connectivity index is 1.35. The van der Waals surface area contributed by atoms with Gasteiger partial charge in [0.15, 0.2) is 0 Å². The van der Waals surface area contributed by atoms with Crippen LogP contribution in [0, 0.1) is 34.5 Å². The summed E-state index contributed by atoms with van der Waals surface area (Å²) in [5, 5.41) is 30.0. The van der Waals surface area contributed by atoms with Crippen LogP contribution < -0.4 is 10.7 Å². The molecule has 29 heavy (non-hydrogen) atoms. The molecule has 1 heterocycles. The number of aliphatic hydroxyl groups is 2. The van der Waals surface area contributed by atoms with E-state index >= 15 is 0 Å². The predicted octanol–water partition coefficient (Wildman–Crippen LogP) is 2.66. The highest BCUT2D eigenvalue weighted by Gasteiger charge is 2.66. The largest absolute Gasteiger partial charge is 0.393 e. The Morgan fingerprint density at radius 3 is 2.76 bits per heavy atom. The summed E-state index contributed by atoms with van der Waals surface area (Å²) in [5.41, 5.74) is 2.65. The average Bonchev–Trinajstić information content (AvgIpc) is 3.30. The summed E-state index contributed by atoms with van der Waals surface area (Å²) in [7, 11) is 0. The number of hydrogen-bond acceptors (Lipinski definition) is 6. The third-order valence-corrected chi connectivity index (χ3v) is 10.00. The lowest BCUT2D eigenvalue weighted by Gasteiger charge is -2.63. The summed E-state index contributed by atoms with van der Waals surface area (Å²) in [6, 6.07) is 0. The maximum atomic E-state index is 12.1. The second-order valence-electron chi connectivity index (χ2n) is 11.0. The fraction of sp³-hybridized carbons (Fsp3) is 0.913. The maximum Gasteiger partial charge on any atom is 0.212 e. The lowest BCUT2D eigenvalue weighted by atomic mass is 9.43. The summed E-state index contributed by atoms with van der Waals surface area (Å²) in [6.07, 6.45) is 11.4. The molecule has 5 rings (SSSR count). The Labute approximate surface area is 174 Å². The molecule has 4 fully saturated rings. The minimum absolute atomic E-state index is 0.0956. The van der Waals surface area contributed by atoms with Crippen LogP contribution in [-0.4, -0.2) is 47.2 Å². The summed E-state index contributed by atoms with van der Waals surface area (Å²) >= 11 is 0. The van der Waals surface area contributed by atoms with Crippen LogP contribution in [0.1, 0.15) is 71.6 Å². The van der Waals surface area contributed by atoms with Crippen LogP contribution in [0.5, 0.6) is 0 Å². The van der Waals surface area contributed by atoms with E-state index in [4.69, 9.17) is 0 Å². The van der Waals surface area contributed by atoms with Gasteiger partial charge in [-0.15, -0.1) is 0 Å². The van der Waals surface area contributed by atoms with Gasteiger partial charge in [-0.2, -0.15) is 5.10 Å². The van der Waals surface area contributed by atoms with E-state index < -0.39 is 5.60 Å². The second-order valence-corrected chi connectivity index (χ2v) is 11.0. The molecule has 0 aromatic heterocycles. The van der Waals surface area contributed by atoms with Gasteiger partial charge in [-0.1, -0.05) is 13.8 Å². The molecule has 4 aliphatic carbocycles. The van der Waals surface area contributed by atoms with Gasteiger partial charge >= 0.3 is 0 Å². The molecule has 0 amide bonds. The molecule has 5 aliphatic rings. The van der Waals surface area contributed by atoms with Crippen molar-refractivity contribution >= 4 is 12.2 Å². The number of fused-ring (bicyclic) bond motifs is 5. The van der Waals surface area contributed by atoms with E-state index in [9.17, 15) is 10.2 Å². The highest BCUT2D eigenvalue weighted by atomic mass is 16.3. The van der Waals surface area contributed by atoms with Crippen LogP contribution in [0.2, 0.25) is 0 Å². The molecule has 6 heteroatoms. The zero-order chi connectivity index (χ0) is 20.3. The third-order valence-electron chi connectivity index (χ3n) is 10.00.